The number of anilines is 1. The number of nitrogens with zero attached hydrogens (tertiary/aromatic N) is 2. The third-order valence-corrected chi connectivity index (χ3v) is 8.22. The Labute approximate surface area is 221 Å². The number of likely N-dealkylation sites (N-methyl/N-ethyl adjacent to an activating group) is 1. The first-order valence-corrected chi connectivity index (χ1v) is 15.5. The standard InChI is InChI=1S/C27H35F3N5O2P/c1-31-13-15-37-14-7-6-8-18-11-12-20-21(16-32-24(20)25(18)38(2,3)36)23-22(27(28,29)30)17-33-26(35-23)34-19-9-4-5-10-19/h6,8,11-12,16-17,19,31-32H,4-5,7,9-10,13-15H2,1-3H3,(H,33,34,35)/b8-6-. The lowest BCUT2D eigenvalue weighted by Gasteiger charge is -2.16. The highest BCUT2D eigenvalue weighted by Crippen LogP contribution is 2.43. The molecule has 206 valence electrons. The fourth-order valence-electron chi connectivity index (χ4n) is 4.87. The summed E-state index contributed by atoms with van der Waals surface area (Å²) in [5, 5.41) is 7.34. The summed E-state index contributed by atoms with van der Waals surface area (Å²) in [4.78, 5) is 11.4. The quantitative estimate of drug-likeness (QED) is 0.204. The Kier molecular flexibility index (Phi) is 8.96. The van der Waals surface area contributed by atoms with Gasteiger partial charge in [-0.3, -0.25) is 0 Å². The van der Waals surface area contributed by atoms with Crippen LogP contribution >= 0.6 is 7.14 Å². The van der Waals surface area contributed by atoms with Crippen LogP contribution in [0, 0.1) is 0 Å². The fraction of sp³-hybridized carbons (Fsp3) is 0.481. The Morgan fingerprint density at radius 2 is 1.97 bits per heavy atom. The monoisotopic (exact) mass is 549 g/mol. The van der Waals surface area contributed by atoms with Gasteiger partial charge in [0, 0.05) is 41.2 Å². The van der Waals surface area contributed by atoms with Gasteiger partial charge in [-0.25, -0.2) is 9.97 Å². The van der Waals surface area contributed by atoms with Gasteiger partial charge in [-0.15, -0.1) is 0 Å². The lowest BCUT2D eigenvalue weighted by Crippen LogP contribution is -2.18. The molecule has 0 unspecified atom stereocenters. The Hall–Kier alpha value is -2.68. The maximum atomic E-state index is 14.0. The van der Waals surface area contributed by atoms with Crippen LogP contribution in [0.25, 0.3) is 28.2 Å². The van der Waals surface area contributed by atoms with Gasteiger partial charge in [0.2, 0.25) is 5.95 Å². The van der Waals surface area contributed by atoms with Crippen LogP contribution in [0.5, 0.6) is 0 Å². The summed E-state index contributed by atoms with van der Waals surface area (Å²) < 4.78 is 60.9. The van der Waals surface area contributed by atoms with E-state index in [0.717, 1.165) is 44.0 Å². The molecule has 0 amide bonds. The van der Waals surface area contributed by atoms with E-state index in [-0.39, 0.29) is 17.7 Å². The molecule has 0 radical (unpaired) electrons. The number of hydrogen-bond acceptors (Lipinski definition) is 6. The molecule has 3 N–H and O–H groups in total. The van der Waals surface area contributed by atoms with Crippen LogP contribution in [0.15, 0.2) is 30.6 Å². The van der Waals surface area contributed by atoms with Crippen molar-refractivity contribution in [3.05, 3.63) is 41.7 Å². The van der Waals surface area contributed by atoms with Gasteiger partial charge < -0.3 is 24.9 Å². The number of halogens is 3. The molecule has 2 aromatic heterocycles. The second-order valence-corrected chi connectivity index (χ2v) is 13.1. The number of aromatic amines is 1. The van der Waals surface area contributed by atoms with Gasteiger partial charge in [0.05, 0.1) is 24.4 Å². The third kappa shape index (κ3) is 6.65. The van der Waals surface area contributed by atoms with Crippen LogP contribution in [0.1, 0.15) is 43.2 Å². The molecule has 1 saturated carbocycles. The first kappa shape index (κ1) is 28.3. The topological polar surface area (TPSA) is 91.9 Å². The highest BCUT2D eigenvalue weighted by atomic mass is 31.2. The van der Waals surface area contributed by atoms with Crippen molar-refractivity contribution in [3.8, 4) is 11.3 Å². The van der Waals surface area contributed by atoms with Crippen LogP contribution in [-0.2, 0) is 15.5 Å². The molecule has 1 aromatic carbocycles. The van der Waals surface area contributed by atoms with E-state index >= 15 is 0 Å². The number of H-pyrrole nitrogens is 1. The molecule has 4 rings (SSSR count). The Balaban J connectivity index is 1.72. The number of ether oxygens (including phenoxy) is 1. The van der Waals surface area contributed by atoms with E-state index in [9.17, 15) is 17.7 Å². The normalized spacial score (nSPS) is 15.2. The van der Waals surface area contributed by atoms with Crippen molar-refractivity contribution in [2.24, 2.45) is 0 Å². The molecule has 7 nitrogen and oxygen atoms in total. The molecule has 1 aliphatic rings. The summed E-state index contributed by atoms with van der Waals surface area (Å²) in [5.74, 6) is 0.183. The molecule has 38 heavy (non-hydrogen) atoms. The minimum Gasteiger partial charge on any atom is -0.380 e. The van der Waals surface area contributed by atoms with E-state index in [1.165, 1.54) is 6.20 Å². The largest absolute Gasteiger partial charge is 0.419 e. The molecule has 2 heterocycles. The van der Waals surface area contributed by atoms with Crippen molar-refractivity contribution in [3.63, 3.8) is 0 Å². The average Bonchev–Trinajstić information content (AvgIpc) is 3.51. The highest BCUT2D eigenvalue weighted by molar-refractivity contribution is 7.70. The predicted octanol–water partition coefficient (Wildman–Crippen LogP) is 5.89. The second-order valence-electron chi connectivity index (χ2n) is 9.97. The van der Waals surface area contributed by atoms with Crippen LogP contribution in [0.4, 0.5) is 19.1 Å². The first-order chi connectivity index (χ1) is 18.1. The zero-order valence-electron chi connectivity index (χ0n) is 22.0. The van der Waals surface area contributed by atoms with Gasteiger partial charge in [-0.1, -0.05) is 37.1 Å². The second kappa shape index (κ2) is 12.0. The van der Waals surface area contributed by atoms with Gasteiger partial charge >= 0.3 is 6.18 Å². The fourth-order valence-corrected chi connectivity index (χ4v) is 6.36. The zero-order valence-corrected chi connectivity index (χ0v) is 22.9. The van der Waals surface area contributed by atoms with Crippen LogP contribution in [0.2, 0.25) is 0 Å². The van der Waals surface area contributed by atoms with Crippen molar-refractivity contribution in [2.45, 2.75) is 44.3 Å². The number of fused-ring (bicyclic) bond motifs is 1. The number of aromatic nitrogens is 3. The smallest absolute Gasteiger partial charge is 0.380 e. The molecule has 0 saturated heterocycles. The molecule has 0 bridgehead atoms. The first-order valence-electron chi connectivity index (χ1n) is 12.9. The van der Waals surface area contributed by atoms with E-state index in [1.807, 2.05) is 19.2 Å². The van der Waals surface area contributed by atoms with Crippen molar-refractivity contribution in [1.29, 1.82) is 0 Å². The van der Waals surface area contributed by atoms with Gasteiger partial charge in [-0.05, 0) is 45.2 Å². The van der Waals surface area contributed by atoms with Crippen LogP contribution in [-0.4, -0.2) is 61.1 Å². The number of rotatable bonds is 11. The minimum absolute atomic E-state index is 0.156. The maximum absolute atomic E-state index is 14.0. The number of benzene rings is 1. The summed E-state index contributed by atoms with van der Waals surface area (Å²) in [5.41, 5.74) is 0.506. The maximum Gasteiger partial charge on any atom is 0.419 e. The van der Waals surface area contributed by atoms with Crippen molar-refractivity contribution >= 4 is 35.4 Å². The Morgan fingerprint density at radius 3 is 2.66 bits per heavy atom. The molecule has 0 aliphatic heterocycles. The molecule has 3 aromatic rings. The average molecular weight is 550 g/mol. The molecule has 0 atom stereocenters. The van der Waals surface area contributed by atoms with Gasteiger partial charge in [0.25, 0.3) is 0 Å². The highest BCUT2D eigenvalue weighted by Gasteiger charge is 2.36. The van der Waals surface area contributed by atoms with Gasteiger partial charge in [-0.2, -0.15) is 13.2 Å². The Bertz CT molecular complexity index is 1330. The van der Waals surface area contributed by atoms with E-state index in [0.29, 0.717) is 41.4 Å². The molecular formula is C27H35F3N5O2P. The van der Waals surface area contributed by atoms with E-state index in [4.69, 9.17) is 4.74 Å². The lowest BCUT2D eigenvalue weighted by atomic mass is 10.0. The third-order valence-electron chi connectivity index (χ3n) is 6.66. The van der Waals surface area contributed by atoms with Gasteiger partial charge in [0.1, 0.15) is 12.7 Å². The summed E-state index contributed by atoms with van der Waals surface area (Å²) in [7, 11) is -0.951. The van der Waals surface area contributed by atoms with E-state index in [2.05, 4.69) is 25.6 Å². The summed E-state index contributed by atoms with van der Waals surface area (Å²) in [6, 6.07) is 3.72. The number of alkyl halides is 3. The minimum atomic E-state index is -4.63. The predicted molar refractivity (Wildman–Crippen MR) is 148 cm³/mol. The molecule has 1 fully saturated rings. The molecule has 1 aliphatic carbocycles. The lowest BCUT2D eigenvalue weighted by molar-refractivity contribution is -0.137. The van der Waals surface area contributed by atoms with Crippen molar-refractivity contribution in [2.75, 3.05) is 45.5 Å². The number of nitrogens with one attached hydrogen (secondary N) is 3. The van der Waals surface area contributed by atoms with Crippen LogP contribution in [0.3, 0.4) is 0 Å². The van der Waals surface area contributed by atoms with Crippen molar-refractivity contribution in [1.82, 2.24) is 20.3 Å². The van der Waals surface area contributed by atoms with Gasteiger partial charge in [0.15, 0.2) is 0 Å². The molecule has 0 spiro atoms. The zero-order chi connectivity index (χ0) is 27.3. The summed E-state index contributed by atoms with van der Waals surface area (Å²) >= 11 is 0. The van der Waals surface area contributed by atoms with E-state index in [1.54, 1.807) is 25.5 Å². The summed E-state index contributed by atoms with van der Waals surface area (Å²) in [6.07, 6.45) is 6.30. The Morgan fingerprint density at radius 1 is 1.21 bits per heavy atom. The molecular weight excluding hydrogens is 514 g/mol. The van der Waals surface area contributed by atoms with E-state index < -0.39 is 18.9 Å². The number of hydrogen-bond donors (Lipinski definition) is 3. The SMILES string of the molecule is CNCCOCC/C=C\c1ccc2c(-c3nc(NC4CCCC4)ncc3C(F)(F)F)c[nH]c2c1P(C)(C)=O. The van der Waals surface area contributed by atoms with Crippen molar-refractivity contribution < 1.29 is 22.5 Å². The summed E-state index contributed by atoms with van der Waals surface area (Å²) in [6.45, 7) is 5.27. The molecule has 11 heteroatoms. The van der Waals surface area contributed by atoms with Crippen LogP contribution < -0.4 is 15.9 Å².